The zero-order chi connectivity index (χ0) is 21.8. The molecule has 2 aliphatic heterocycles. The molecule has 0 aromatic heterocycles. The van der Waals surface area contributed by atoms with Gasteiger partial charge in [0, 0.05) is 16.5 Å². The van der Waals surface area contributed by atoms with Crippen molar-refractivity contribution in [3.8, 4) is 0 Å². The van der Waals surface area contributed by atoms with Gasteiger partial charge in [0.2, 0.25) is 5.91 Å². The first-order valence-corrected chi connectivity index (χ1v) is 10.9. The number of ether oxygens (including phenoxy) is 1. The minimum absolute atomic E-state index is 0.0184. The van der Waals surface area contributed by atoms with Crippen molar-refractivity contribution in [1.29, 1.82) is 0 Å². The van der Waals surface area contributed by atoms with E-state index in [0.29, 0.717) is 11.4 Å². The van der Waals surface area contributed by atoms with Gasteiger partial charge in [-0.2, -0.15) is 0 Å². The van der Waals surface area contributed by atoms with Gasteiger partial charge in [-0.3, -0.25) is 9.69 Å². The third-order valence-electron chi connectivity index (χ3n) is 6.86. The van der Waals surface area contributed by atoms with Crippen LogP contribution in [0.2, 0.25) is 5.02 Å². The van der Waals surface area contributed by atoms with Gasteiger partial charge in [0.15, 0.2) is 5.96 Å². The minimum Gasteiger partial charge on any atom is -0.380 e. The van der Waals surface area contributed by atoms with Gasteiger partial charge in [0.1, 0.15) is 5.82 Å². The van der Waals surface area contributed by atoms with Gasteiger partial charge in [0.25, 0.3) is 0 Å². The lowest BCUT2D eigenvalue weighted by atomic mass is 9.63. The van der Waals surface area contributed by atoms with Gasteiger partial charge >= 0.3 is 0 Å². The molecule has 2 aromatic carbocycles. The van der Waals surface area contributed by atoms with Crippen LogP contribution in [0, 0.1) is 11.2 Å². The summed E-state index contributed by atoms with van der Waals surface area (Å²) in [5.41, 5.74) is 8.37. The van der Waals surface area contributed by atoms with Crippen LogP contribution in [-0.4, -0.2) is 36.0 Å². The third-order valence-corrected chi connectivity index (χ3v) is 7.30. The highest BCUT2D eigenvalue weighted by Gasteiger charge is 2.54. The predicted octanol–water partition coefficient (Wildman–Crippen LogP) is 4.01. The first-order valence-electron chi connectivity index (χ1n) is 10.6. The number of nitrogens with zero attached hydrogens (tertiary/aromatic N) is 2. The Kier molecular flexibility index (Phi) is 4.83. The number of nitrogens with two attached hydrogens (primary N) is 1. The molecule has 2 aromatic rings. The molecule has 5 rings (SSSR count). The Bertz CT molecular complexity index is 1060. The van der Waals surface area contributed by atoms with Crippen LogP contribution in [0.1, 0.15) is 42.9 Å². The van der Waals surface area contributed by atoms with Gasteiger partial charge in [-0.25, -0.2) is 9.38 Å². The molecule has 162 valence electrons. The van der Waals surface area contributed by atoms with Crippen LogP contribution < -0.4 is 5.73 Å². The van der Waals surface area contributed by atoms with Crippen LogP contribution in [0.3, 0.4) is 0 Å². The summed E-state index contributed by atoms with van der Waals surface area (Å²) >= 11 is 6.79. The third kappa shape index (κ3) is 3.52. The Morgan fingerprint density at radius 2 is 1.94 bits per heavy atom. The second kappa shape index (κ2) is 7.31. The highest BCUT2D eigenvalue weighted by atomic mass is 35.5. The molecule has 7 heteroatoms. The first kappa shape index (κ1) is 20.5. The summed E-state index contributed by atoms with van der Waals surface area (Å²) in [6.07, 6.45) is 2.61. The molecule has 1 atom stereocenters. The molecule has 1 aliphatic carbocycles. The quantitative estimate of drug-likeness (QED) is 0.779. The van der Waals surface area contributed by atoms with E-state index in [4.69, 9.17) is 27.1 Å². The number of hydrogen-bond acceptors (Lipinski definition) is 4. The van der Waals surface area contributed by atoms with Gasteiger partial charge in [0.05, 0.1) is 25.2 Å². The van der Waals surface area contributed by atoms with Crippen LogP contribution in [0.4, 0.5) is 4.39 Å². The minimum atomic E-state index is -0.825. The lowest BCUT2D eigenvalue weighted by Crippen LogP contribution is -2.64. The summed E-state index contributed by atoms with van der Waals surface area (Å²) in [5.74, 6) is -0.0256. The fraction of sp³-hybridized carbons (Fsp3) is 0.417. The maximum Gasteiger partial charge on any atom is 0.232 e. The molecule has 1 saturated heterocycles. The van der Waals surface area contributed by atoms with Crippen molar-refractivity contribution in [3.63, 3.8) is 0 Å². The van der Waals surface area contributed by atoms with E-state index in [1.807, 2.05) is 25.1 Å². The number of benzene rings is 2. The van der Waals surface area contributed by atoms with E-state index in [1.54, 1.807) is 17.0 Å². The molecule has 5 nitrogen and oxygen atoms in total. The molecule has 1 spiro atoms. The second-order valence-electron chi connectivity index (χ2n) is 9.32. The van der Waals surface area contributed by atoms with Gasteiger partial charge in [-0.1, -0.05) is 41.9 Å². The number of carbonyl (C=O) groups excluding carboxylic acids is 1. The van der Waals surface area contributed by atoms with E-state index in [0.717, 1.165) is 42.7 Å². The highest BCUT2D eigenvalue weighted by Crippen LogP contribution is 2.50. The number of guanidine groups is 1. The molecule has 2 fully saturated rings. The SMILES string of the molecule is C[C@@]1(c2cccc(Cc3ccc(F)cc3)c2Cl)CC(=O)N(C2CC3(COC3)C2)C(N)=N1. The van der Waals surface area contributed by atoms with Gasteiger partial charge < -0.3 is 10.5 Å². The Morgan fingerprint density at radius 3 is 2.55 bits per heavy atom. The van der Waals surface area contributed by atoms with Crippen LogP contribution >= 0.6 is 11.6 Å². The number of halogens is 2. The van der Waals surface area contributed by atoms with E-state index in [1.165, 1.54) is 12.1 Å². The van der Waals surface area contributed by atoms with Gasteiger partial charge in [-0.15, -0.1) is 0 Å². The highest BCUT2D eigenvalue weighted by molar-refractivity contribution is 6.32. The summed E-state index contributed by atoms with van der Waals surface area (Å²) in [6.45, 7) is 3.45. The maximum absolute atomic E-state index is 13.2. The summed E-state index contributed by atoms with van der Waals surface area (Å²) in [5, 5.41) is 0.571. The number of rotatable bonds is 4. The monoisotopic (exact) mass is 441 g/mol. The number of carbonyl (C=O) groups is 1. The number of hydrogen-bond donors (Lipinski definition) is 1. The van der Waals surface area contributed by atoms with Crippen molar-refractivity contribution in [3.05, 3.63) is 70.0 Å². The van der Waals surface area contributed by atoms with Crippen LogP contribution in [-0.2, 0) is 21.5 Å². The normalized spacial score (nSPS) is 25.2. The average molecular weight is 442 g/mol. The number of amides is 1. The molecule has 2 N–H and O–H groups in total. The standard InChI is InChI=1S/C24H25ClFN3O2/c1-23(12-20(30)29(22(27)28-23)18-10-24(11-18)13-31-14-24)19-4-2-3-16(21(19)25)9-15-5-7-17(26)8-6-15/h2-8,18H,9-14H2,1H3,(H2,27,28)/t23-/m0/s1. The summed E-state index contributed by atoms with van der Waals surface area (Å²) in [7, 11) is 0. The Hall–Kier alpha value is -2.44. The fourth-order valence-corrected chi connectivity index (χ4v) is 5.50. The molecule has 31 heavy (non-hydrogen) atoms. The van der Waals surface area contributed by atoms with Crippen molar-refractivity contribution < 1.29 is 13.9 Å². The second-order valence-corrected chi connectivity index (χ2v) is 9.70. The molecule has 1 amide bonds. The van der Waals surface area contributed by atoms with Crippen LogP contribution in [0.25, 0.3) is 0 Å². The average Bonchev–Trinajstić information content (AvgIpc) is 2.64. The summed E-state index contributed by atoms with van der Waals surface area (Å²) in [4.78, 5) is 19.6. The first-order chi connectivity index (χ1) is 14.8. The fourth-order valence-electron chi connectivity index (χ4n) is 5.10. The molecule has 0 radical (unpaired) electrons. The van der Waals surface area contributed by atoms with Crippen molar-refractivity contribution >= 4 is 23.5 Å². The molecule has 2 heterocycles. The Labute approximate surface area is 186 Å². The van der Waals surface area contributed by atoms with E-state index < -0.39 is 5.54 Å². The lowest BCUT2D eigenvalue weighted by molar-refractivity contribution is -0.182. The Morgan fingerprint density at radius 1 is 1.23 bits per heavy atom. The van der Waals surface area contributed by atoms with E-state index >= 15 is 0 Å². The molecule has 3 aliphatic rings. The van der Waals surface area contributed by atoms with Gasteiger partial charge in [-0.05, 0) is 55.0 Å². The van der Waals surface area contributed by atoms with Crippen molar-refractivity contribution in [2.45, 2.75) is 44.2 Å². The molecular formula is C24H25ClFN3O2. The summed E-state index contributed by atoms with van der Waals surface area (Å²) < 4.78 is 18.6. The zero-order valence-electron chi connectivity index (χ0n) is 17.4. The molecular weight excluding hydrogens is 417 g/mol. The smallest absolute Gasteiger partial charge is 0.232 e. The summed E-state index contributed by atoms with van der Waals surface area (Å²) in [6, 6.07) is 12.2. The van der Waals surface area contributed by atoms with Crippen molar-refractivity contribution in [2.75, 3.05) is 13.2 Å². The predicted molar refractivity (Wildman–Crippen MR) is 117 cm³/mol. The van der Waals surface area contributed by atoms with Crippen molar-refractivity contribution in [2.24, 2.45) is 16.1 Å². The van der Waals surface area contributed by atoms with Crippen LogP contribution in [0.15, 0.2) is 47.5 Å². The molecule has 0 bridgehead atoms. The number of aliphatic imine (C=N–C) groups is 1. The maximum atomic E-state index is 13.2. The van der Waals surface area contributed by atoms with E-state index in [2.05, 4.69) is 0 Å². The Balaban J connectivity index is 1.40. The molecule has 1 saturated carbocycles. The molecule has 0 unspecified atom stereocenters. The van der Waals surface area contributed by atoms with E-state index in [-0.39, 0.29) is 35.6 Å². The zero-order valence-corrected chi connectivity index (χ0v) is 18.2. The largest absolute Gasteiger partial charge is 0.380 e. The topological polar surface area (TPSA) is 67.9 Å². The van der Waals surface area contributed by atoms with E-state index in [9.17, 15) is 9.18 Å². The lowest BCUT2D eigenvalue weighted by Gasteiger charge is -2.56. The van der Waals surface area contributed by atoms with Crippen LogP contribution in [0.5, 0.6) is 0 Å². The van der Waals surface area contributed by atoms with Crippen molar-refractivity contribution in [1.82, 2.24) is 4.90 Å².